The highest BCUT2D eigenvalue weighted by Crippen LogP contribution is 2.21. The summed E-state index contributed by atoms with van der Waals surface area (Å²) in [6.45, 7) is 3.62. The number of hydrogen-bond donors (Lipinski definition) is 2. The van der Waals surface area contributed by atoms with Gasteiger partial charge in [-0.3, -0.25) is 4.79 Å². The highest BCUT2D eigenvalue weighted by Gasteiger charge is 2.31. The first-order valence-corrected chi connectivity index (χ1v) is 8.30. The van der Waals surface area contributed by atoms with Crippen LogP contribution in [-0.4, -0.2) is 42.9 Å². The van der Waals surface area contributed by atoms with Gasteiger partial charge in [-0.2, -0.15) is 0 Å². The molecule has 110 valence electrons. The molecular formula is C12H21NO5S. The number of carbonyl (C=O) groups excluding carboxylic acids is 1. The maximum Gasteiger partial charge on any atom is 0.326 e. The molecule has 6 nitrogen and oxygen atoms in total. The Labute approximate surface area is 113 Å². The summed E-state index contributed by atoms with van der Waals surface area (Å²) in [5.41, 5.74) is 0. The number of carboxylic acid groups (broad SMARTS) is 1. The van der Waals surface area contributed by atoms with Crippen LogP contribution in [0.5, 0.6) is 0 Å². The molecule has 3 atom stereocenters. The van der Waals surface area contributed by atoms with Crippen LogP contribution in [0.4, 0.5) is 0 Å². The van der Waals surface area contributed by atoms with Crippen LogP contribution in [0.25, 0.3) is 0 Å². The van der Waals surface area contributed by atoms with Crippen LogP contribution in [0.1, 0.15) is 33.1 Å². The number of nitrogens with one attached hydrogen (secondary N) is 1. The Kier molecular flexibility index (Phi) is 5.34. The normalized spacial score (nSPS) is 24.6. The summed E-state index contributed by atoms with van der Waals surface area (Å²) in [6, 6.07) is -0.907. The molecule has 2 N–H and O–H groups in total. The highest BCUT2D eigenvalue weighted by molar-refractivity contribution is 7.91. The molecular weight excluding hydrogens is 270 g/mol. The quantitative estimate of drug-likeness (QED) is 0.739. The molecule has 1 saturated heterocycles. The Balaban J connectivity index is 2.52. The van der Waals surface area contributed by atoms with Gasteiger partial charge in [0, 0.05) is 6.42 Å². The molecule has 0 aromatic carbocycles. The van der Waals surface area contributed by atoms with E-state index in [9.17, 15) is 18.0 Å². The topological polar surface area (TPSA) is 101 Å². The van der Waals surface area contributed by atoms with E-state index in [1.807, 2.05) is 6.92 Å². The first-order chi connectivity index (χ1) is 8.75. The molecule has 0 aliphatic carbocycles. The zero-order chi connectivity index (χ0) is 14.6. The molecule has 1 aliphatic heterocycles. The van der Waals surface area contributed by atoms with Gasteiger partial charge in [0.1, 0.15) is 6.04 Å². The lowest BCUT2D eigenvalue weighted by atomic mass is 9.98. The molecule has 1 amide bonds. The lowest BCUT2D eigenvalue weighted by Crippen LogP contribution is -2.45. The predicted molar refractivity (Wildman–Crippen MR) is 70.4 cm³/mol. The second kappa shape index (κ2) is 6.36. The minimum absolute atomic E-state index is 0.0293. The Morgan fingerprint density at radius 1 is 1.42 bits per heavy atom. The van der Waals surface area contributed by atoms with Crippen molar-refractivity contribution in [1.29, 1.82) is 0 Å². The average molecular weight is 291 g/mol. The third-order valence-electron chi connectivity index (χ3n) is 3.60. The maximum absolute atomic E-state index is 11.8. The summed E-state index contributed by atoms with van der Waals surface area (Å²) in [5, 5.41) is 11.5. The molecule has 0 aromatic rings. The van der Waals surface area contributed by atoms with Crippen LogP contribution < -0.4 is 5.32 Å². The third-order valence-corrected chi connectivity index (χ3v) is 5.43. The Bertz CT molecular complexity index is 445. The van der Waals surface area contributed by atoms with Crippen LogP contribution in [0.15, 0.2) is 0 Å². The van der Waals surface area contributed by atoms with Crippen molar-refractivity contribution in [2.24, 2.45) is 11.8 Å². The minimum Gasteiger partial charge on any atom is -0.480 e. The summed E-state index contributed by atoms with van der Waals surface area (Å²) < 4.78 is 22.6. The van der Waals surface area contributed by atoms with E-state index in [0.29, 0.717) is 12.8 Å². The van der Waals surface area contributed by atoms with E-state index < -0.39 is 21.8 Å². The molecule has 19 heavy (non-hydrogen) atoms. The average Bonchev–Trinajstić information content (AvgIpc) is 2.64. The van der Waals surface area contributed by atoms with Crippen molar-refractivity contribution in [2.45, 2.75) is 39.2 Å². The van der Waals surface area contributed by atoms with Gasteiger partial charge in [0.2, 0.25) is 5.91 Å². The Hall–Kier alpha value is -1.11. The zero-order valence-electron chi connectivity index (χ0n) is 11.3. The lowest BCUT2D eigenvalue weighted by Gasteiger charge is -2.20. The van der Waals surface area contributed by atoms with Crippen LogP contribution in [0.2, 0.25) is 0 Å². The zero-order valence-corrected chi connectivity index (χ0v) is 12.1. The number of carboxylic acids is 1. The third kappa shape index (κ3) is 4.81. The van der Waals surface area contributed by atoms with Crippen molar-refractivity contribution in [3.8, 4) is 0 Å². The van der Waals surface area contributed by atoms with Gasteiger partial charge in [0.05, 0.1) is 11.5 Å². The highest BCUT2D eigenvalue weighted by atomic mass is 32.2. The van der Waals surface area contributed by atoms with Crippen molar-refractivity contribution in [1.82, 2.24) is 5.32 Å². The van der Waals surface area contributed by atoms with Gasteiger partial charge in [-0.05, 0) is 18.3 Å². The van der Waals surface area contributed by atoms with E-state index in [2.05, 4.69) is 5.32 Å². The summed E-state index contributed by atoms with van der Waals surface area (Å²) >= 11 is 0. The standard InChI is InChI=1S/C12H21NO5S/c1-3-8(2)11(12(15)16)13-10(14)6-9-4-5-19(17,18)7-9/h8-9,11H,3-7H2,1-2H3,(H,13,14)(H,15,16)/t8?,9?,11-/m0/s1. The van der Waals surface area contributed by atoms with E-state index in [0.717, 1.165) is 0 Å². The molecule has 0 spiro atoms. The van der Waals surface area contributed by atoms with Gasteiger partial charge < -0.3 is 10.4 Å². The fraction of sp³-hybridized carbons (Fsp3) is 0.833. The summed E-state index contributed by atoms with van der Waals surface area (Å²) in [6.07, 6.45) is 1.21. The van der Waals surface area contributed by atoms with Gasteiger partial charge in [0.15, 0.2) is 9.84 Å². The van der Waals surface area contributed by atoms with Gasteiger partial charge in [-0.1, -0.05) is 20.3 Å². The van der Waals surface area contributed by atoms with Crippen molar-refractivity contribution < 1.29 is 23.1 Å². The smallest absolute Gasteiger partial charge is 0.326 e. The molecule has 0 saturated carbocycles. The second-order valence-electron chi connectivity index (χ2n) is 5.24. The number of rotatable bonds is 6. The van der Waals surface area contributed by atoms with E-state index >= 15 is 0 Å². The fourth-order valence-corrected chi connectivity index (χ4v) is 4.07. The molecule has 0 radical (unpaired) electrons. The lowest BCUT2D eigenvalue weighted by molar-refractivity contribution is -0.143. The SMILES string of the molecule is CCC(C)[C@H](NC(=O)CC1CCS(=O)(=O)C1)C(=O)O. The second-order valence-corrected chi connectivity index (χ2v) is 7.47. The monoisotopic (exact) mass is 291 g/mol. The number of sulfone groups is 1. The van der Waals surface area contributed by atoms with Gasteiger partial charge in [0.25, 0.3) is 0 Å². The van der Waals surface area contributed by atoms with Gasteiger partial charge in [-0.25, -0.2) is 13.2 Å². The van der Waals surface area contributed by atoms with E-state index in [1.165, 1.54) is 0 Å². The molecule has 1 fully saturated rings. The molecule has 1 aliphatic rings. The molecule has 2 unspecified atom stereocenters. The predicted octanol–water partition coefficient (Wildman–Crippen LogP) is 0.427. The summed E-state index contributed by atoms with van der Waals surface area (Å²) in [5.74, 6) is -1.62. The molecule has 0 bridgehead atoms. The number of hydrogen-bond acceptors (Lipinski definition) is 4. The van der Waals surface area contributed by atoms with Crippen LogP contribution in [0.3, 0.4) is 0 Å². The van der Waals surface area contributed by atoms with Gasteiger partial charge in [-0.15, -0.1) is 0 Å². The Morgan fingerprint density at radius 2 is 2.05 bits per heavy atom. The molecule has 7 heteroatoms. The van der Waals surface area contributed by atoms with Crippen molar-refractivity contribution in [3.05, 3.63) is 0 Å². The van der Waals surface area contributed by atoms with Crippen molar-refractivity contribution in [2.75, 3.05) is 11.5 Å². The number of carbonyl (C=O) groups is 2. The minimum atomic E-state index is -3.00. The molecule has 0 aromatic heterocycles. The first-order valence-electron chi connectivity index (χ1n) is 6.47. The van der Waals surface area contributed by atoms with E-state index in [1.54, 1.807) is 6.92 Å². The summed E-state index contributed by atoms with van der Waals surface area (Å²) in [7, 11) is -3.00. The number of amides is 1. The van der Waals surface area contributed by atoms with Crippen molar-refractivity contribution >= 4 is 21.7 Å². The summed E-state index contributed by atoms with van der Waals surface area (Å²) in [4.78, 5) is 22.8. The number of aliphatic carboxylic acids is 1. The largest absolute Gasteiger partial charge is 0.480 e. The van der Waals surface area contributed by atoms with E-state index in [-0.39, 0.29) is 35.7 Å². The Morgan fingerprint density at radius 3 is 2.47 bits per heavy atom. The fourth-order valence-electron chi connectivity index (χ4n) is 2.21. The first kappa shape index (κ1) is 15.9. The van der Waals surface area contributed by atoms with Crippen LogP contribution in [0, 0.1) is 11.8 Å². The van der Waals surface area contributed by atoms with Gasteiger partial charge >= 0.3 is 5.97 Å². The maximum atomic E-state index is 11.8. The van der Waals surface area contributed by atoms with Crippen LogP contribution in [-0.2, 0) is 19.4 Å². The van der Waals surface area contributed by atoms with Crippen molar-refractivity contribution in [3.63, 3.8) is 0 Å². The molecule has 1 heterocycles. The van der Waals surface area contributed by atoms with Crippen LogP contribution >= 0.6 is 0 Å². The molecule has 1 rings (SSSR count). The van der Waals surface area contributed by atoms with E-state index in [4.69, 9.17) is 5.11 Å².